The minimum atomic E-state index is -1.59. The average Bonchev–Trinajstić information content (AvgIpc) is 3.11. The normalized spacial score (nSPS) is 20.7. The summed E-state index contributed by atoms with van der Waals surface area (Å²) in [5.74, 6) is -3.18. The number of carboxylic acid groups (broad SMARTS) is 1. The van der Waals surface area contributed by atoms with Crippen LogP contribution in [0.4, 0.5) is 0 Å². The van der Waals surface area contributed by atoms with Crippen LogP contribution >= 0.6 is 0 Å². The van der Waals surface area contributed by atoms with Gasteiger partial charge < -0.3 is 36.6 Å². The van der Waals surface area contributed by atoms with Gasteiger partial charge in [-0.1, -0.05) is 13.8 Å². The van der Waals surface area contributed by atoms with Crippen LogP contribution in [0.1, 0.15) is 40.0 Å². The number of aliphatic hydroxyl groups is 2. The highest BCUT2D eigenvalue weighted by atomic mass is 16.4. The molecule has 29 heavy (non-hydrogen) atoms. The zero-order valence-corrected chi connectivity index (χ0v) is 17.0. The highest BCUT2D eigenvalue weighted by Crippen LogP contribution is 2.20. The molecule has 0 aliphatic carbocycles. The van der Waals surface area contributed by atoms with Gasteiger partial charge in [0, 0.05) is 6.54 Å². The number of amides is 3. The van der Waals surface area contributed by atoms with Crippen LogP contribution < -0.4 is 16.4 Å². The fourth-order valence-electron chi connectivity index (χ4n) is 3.23. The maximum atomic E-state index is 12.6. The lowest BCUT2D eigenvalue weighted by atomic mass is 10.0. The van der Waals surface area contributed by atoms with Gasteiger partial charge in [0.25, 0.3) is 0 Å². The Bertz CT molecular complexity index is 611. The molecule has 0 aromatic rings. The smallest absolute Gasteiger partial charge is 0.328 e. The Hall–Kier alpha value is -2.24. The SMILES string of the molecule is CC(C)CC(N)C(=O)N1CCCC1C(=O)NC(CO)C(=O)NC(C(=O)O)C(C)O. The quantitative estimate of drug-likeness (QED) is 0.231. The molecule has 11 nitrogen and oxygen atoms in total. The molecule has 5 unspecified atom stereocenters. The molecule has 1 fully saturated rings. The van der Waals surface area contributed by atoms with Gasteiger partial charge in [-0.15, -0.1) is 0 Å². The van der Waals surface area contributed by atoms with Crippen LogP contribution in [0.5, 0.6) is 0 Å². The van der Waals surface area contributed by atoms with Crippen molar-refractivity contribution in [3.8, 4) is 0 Å². The number of nitrogens with one attached hydrogen (secondary N) is 2. The van der Waals surface area contributed by atoms with E-state index in [-0.39, 0.29) is 11.8 Å². The van der Waals surface area contributed by atoms with Crippen molar-refractivity contribution in [1.29, 1.82) is 0 Å². The highest BCUT2D eigenvalue weighted by Gasteiger charge is 2.38. The summed E-state index contributed by atoms with van der Waals surface area (Å²) < 4.78 is 0. The maximum Gasteiger partial charge on any atom is 0.328 e. The van der Waals surface area contributed by atoms with E-state index in [9.17, 15) is 29.4 Å². The van der Waals surface area contributed by atoms with Crippen LogP contribution in [-0.2, 0) is 19.2 Å². The summed E-state index contributed by atoms with van der Waals surface area (Å²) in [7, 11) is 0. The van der Waals surface area contributed by atoms with Crippen LogP contribution in [0.25, 0.3) is 0 Å². The number of hydrogen-bond acceptors (Lipinski definition) is 7. The molecule has 0 spiro atoms. The summed E-state index contributed by atoms with van der Waals surface area (Å²) >= 11 is 0. The molecule has 1 rings (SSSR count). The van der Waals surface area contributed by atoms with Gasteiger partial charge in [-0.2, -0.15) is 0 Å². The van der Waals surface area contributed by atoms with Gasteiger partial charge in [0.05, 0.1) is 18.8 Å². The molecular formula is C18H32N4O7. The van der Waals surface area contributed by atoms with E-state index in [2.05, 4.69) is 10.6 Å². The first-order valence-electron chi connectivity index (χ1n) is 9.68. The largest absolute Gasteiger partial charge is 0.480 e. The summed E-state index contributed by atoms with van der Waals surface area (Å²) in [6, 6.07) is -4.57. The number of rotatable bonds is 10. The molecule has 1 saturated heterocycles. The topological polar surface area (TPSA) is 182 Å². The van der Waals surface area contributed by atoms with Gasteiger partial charge in [-0.25, -0.2) is 4.79 Å². The average molecular weight is 416 g/mol. The second-order valence-electron chi connectivity index (χ2n) is 7.73. The molecule has 11 heteroatoms. The van der Waals surface area contributed by atoms with Gasteiger partial charge >= 0.3 is 5.97 Å². The Morgan fingerprint density at radius 1 is 1.17 bits per heavy atom. The number of carboxylic acids is 1. The number of likely N-dealkylation sites (tertiary alicyclic amines) is 1. The van der Waals surface area contributed by atoms with Crippen LogP contribution in [0.15, 0.2) is 0 Å². The van der Waals surface area contributed by atoms with Crippen molar-refractivity contribution < 1.29 is 34.5 Å². The molecule has 3 amide bonds. The van der Waals surface area contributed by atoms with E-state index in [0.29, 0.717) is 25.8 Å². The molecule has 5 atom stereocenters. The number of aliphatic hydroxyl groups excluding tert-OH is 2. The zero-order valence-electron chi connectivity index (χ0n) is 17.0. The van der Waals surface area contributed by atoms with Crippen molar-refractivity contribution >= 4 is 23.7 Å². The van der Waals surface area contributed by atoms with Crippen LogP contribution in [0, 0.1) is 5.92 Å². The Labute approximate surface area is 169 Å². The Balaban J connectivity index is 2.79. The molecule has 0 radical (unpaired) electrons. The van der Waals surface area contributed by atoms with Crippen molar-refractivity contribution in [3.63, 3.8) is 0 Å². The standard InChI is InChI=1S/C18H32N4O7/c1-9(2)7-11(19)17(27)22-6-4-5-13(22)16(26)20-12(8-23)15(25)21-14(10(3)24)18(28)29/h9-14,23-24H,4-8,19H2,1-3H3,(H,20,26)(H,21,25)(H,28,29). The van der Waals surface area contributed by atoms with Gasteiger partial charge in [0.1, 0.15) is 12.1 Å². The molecule has 0 aromatic carbocycles. The number of hydrogen-bond donors (Lipinski definition) is 6. The van der Waals surface area contributed by atoms with E-state index in [1.54, 1.807) is 0 Å². The Morgan fingerprint density at radius 2 is 1.79 bits per heavy atom. The molecule has 7 N–H and O–H groups in total. The van der Waals surface area contributed by atoms with Crippen molar-refractivity contribution in [2.45, 2.75) is 70.3 Å². The van der Waals surface area contributed by atoms with Gasteiger partial charge in [0.2, 0.25) is 17.7 Å². The van der Waals surface area contributed by atoms with Crippen LogP contribution in [0.3, 0.4) is 0 Å². The number of aliphatic carboxylic acids is 1. The zero-order chi connectivity index (χ0) is 22.3. The van der Waals surface area contributed by atoms with Crippen molar-refractivity contribution in [1.82, 2.24) is 15.5 Å². The number of carbonyl (C=O) groups is 4. The van der Waals surface area contributed by atoms with E-state index in [1.807, 2.05) is 13.8 Å². The summed E-state index contributed by atoms with van der Waals surface area (Å²) in [5.41, 5.74) is 5.94. The number of nitrogens with two attached hydrogens (primary N) is 1. The highest BCUT2D eigenvalue weighted by molar-refractivity contribution is 5.94. The van der Waals surface area contributed by atoms with E-state index < -0.39 is 54.7 Å². The Kier molecular flexibility index (Phi) is 9.47. The van der Waals surface area contributed by atoms with Gasteiger partial charge in [0.15, 0.2) is 6.04 Å². The molecule has 1 aliphatic rings. The van der Waals surface area contributed by atoms with E-state index in [0.717, 1.165) is 0 Å². The van der Waals surface area contributed by atoms with E-state index >= 15 is 0 Å². The first-order chi connectivity index (χ1) is 13.5. The maximum absolute atomic E-state index is 12.6. The fraction of sp³-hybridized carbons (Fsp3) is 0.778. The van der Waals surface area contributed by atoms with E-state index in [1.165, 1.54) is 11.8 Å². The predicted octanol–water partition coefficient (Wildman–Crippen LogP) is -2.22. The molecular weight excluding hydrogens is 384 g/mol. The van der Waals surface area contributed by atoms with Crippen molar-refractivity contribution in [3.05, 3.63) is 0 Å². The number of nitrogens with zero attached hydrogens (tertiary/aromatic N) is 1. The lowest BCUT2D eigenvalue weighted by molar-refractivity contribution is -0.146. The Morgan fingerprint density at radius 3 is 2.28 bits per heavy atom. The summed E-state index contributed by atoms with van der Waals surface area (Å²) in [6.07, 6.45) is 0.0762. The summed E-state index contributed by atoms with van der Waals surface area (Å²) in [5, 5.41) is 32.4. The number of carbonyl (C=O) groups excluding carboxylic acids is 3. The molecule has 0 aromatic heterocycles. The minimum Gasteiger partial charge on any atom is -0.480 e. The van der Waals surface area contributed by atoms with Crippen LogP contribution in [0.2, 0.25) is 0 Å². The third kappa shape index (κ3) is 6.94. The molecule has 0 bridgehead atoms. The lowest BCUT2D eigenvalue weighted by Crippen LogP contribution is -2.58. The monoisotopic (exact) mass is 416 g/mol. The summed E-state index contributed by atoms with van der Waals surface area (Å²) in [4.78, 5) is 49.9. The first kappa shape index (κ1) is 24.8. The lowest BCUT2D eigenvalue weighted by Gasteiger charge is -2.28. The summed E-state index contributed by atoms with van der Waals surface area (Å²) in [6.45, 7) is 4.64. The van der Waals surface area contributed by atoms with Crippen LogP contribution in [-0.4, -0.2) is 87.3 Å². The minimum absolute atomic E-state index is 0.211. The second kappa shape index (κ2) is 11.1. The molecule has 1 aliphatic heterocycles. The second-order valence-corrected chi connectivity index (χ2v) is 7.73. The molecule has 1 heterocycles. The van der Waals surface area contributed by atoms with Gasteiger partial charge in [-0.05, 0) is 32.1 Å². The third-order valence-corrected chi connectivity index (χ3v) is 4.74. The van der Waals surface area contributed by atoms with E-state index in [4.69, 9.17) is 10.8 Å². The van der Waals surface area contributed by atoms with Crippen molar-refractivity contribution in [2.24, 2.45) is 11.7 Å². The molecule has 0 saturated carbocycles. The van der Waals surface area contributed by atoms with Gasteiger partial charge in [-0.3, -0.25) is 14.4 Å². The first-order valence-corrected chi connectivity index (χ1v) is 9.68. The molecule has 166 valence electrons. The fourth-order valence-corrected chi connectivity index (χ4v) is 3.23. The predicted molar refractivity (Wildman–Crippen MR) is 102 cm³/mol. The third-order valence-electron chi connectivity index (χ3n) is 4.74. The van der Waals surface area contributed by atoms with Crippen molar-refractivity contribution in [2.75, 3.05) is 13.2 Å².